The van der Waals surface area contributed by atoms with Crippen molar-refractivity contribution in [3.8, 4) is 11.6 Å². The number of sulfonamides is 1. The van der Waals surface area contributed by atoms with Crippen LogP contribution in [0.2, 0.25) is 0 Å². The number of nitrogens with zero attached hydrogens (tertiary/aromatic N) is 2. The molecule has 2 saturated carbocycles. The number of carbonyl (C=O) groups is 4. The first-order chi connectivity index (χ1) is 25.2. The van der Waals surface area contributed by atoms with Gasteiger partial charge in [-0.2, -0.15) is 0 Å². The summed E-state index contributed by atoms with van der Waals surface area (Å²) in [6.07, 6.45) is 2.25. The fourth-order valence-electron chi connectivity index (χ4n) is 7.14. The second kappa shape index (κ2) is 14.7. The average molecular weight is 764 g/mol. The van der Waals surface area contributed by atoms with Gasteiger partial charge >= 0.3 is 6.09 Å². The van der Waals surface area contributed by atoms with Gasteiger partial charge in [-0.25, -0.2) is 27.0 Å². The number of benzene rings is 1. The number of methoxy groups -OCH3 is 1. The first-order valence-corrected chi connectivity index (χ1v) is 19.0. The molecular formula is C35H43F2N5O10S. The van der Waals surface area contributed by atoms with Crippen LogP contribution in [0.3, 0.4) is 0 Å². The van der Waals surface area contributed by atoms with Gasteiger partial charge in [0.1, 0.15) is 35.1 Å². The Labute approximate surface area is 304 Å². The number of nitrogens with one attached hydrogen (secondary N) is 3. The van der Waals surface area contributed by atoms with E-state index >= 15 is 0 Å². The zero-order valence-corrected chi connectivity index (χ0v) is 30.3. The maximum atomic E-state index is 14.8. The standard InChI is InChI=1S/C35H43F2N5O10S/c1-4-26-28(39-33(46)47)31(44)42-17-22(52-30-23-15-24(37)27(50-3)13-20(23)9-12-38-30)14-25(42)29(43)40-35(16-21(35)8-6-5-7-19(2)51-26)32(45)41-53(48,49)34(18-36)10-11-34/h6,8-9,12-13,15,19,21-22,25-26,28,39H,4-5,7,10-11,14,16-18H2,1-3H3,(H,40,43)(H,41,45)(H,46,47)/b8-6-/t19-,21-,22-,25+,26+,28+,35-/m1/s1. The van der Waals surface area contributed by atoms with E-state index in [2.05, 4.69) is 15.6 Å². The van der Waals surface area contributed by atoms with Crippen LogP contribution in [0, 0.1) is 11.7 Å². The van der Waals surface area contributed by atoms with Crippen molar-refractivity contribution < 1.29 is 55.7 Å². The molecule has 1 aromatic heterocycles. The van der Waals surface area contributed by atoms with Crippen LogP contribution in [0.5, 0.6) is 11.6 Å². The van der Waals surface area contributed by atoms with E-state index in [-0.39, 0.29) is 55.7 Å². The lowest BCUT2D eigenvalue weighted by Gasteiger charge is -2.33. The van der Waals surface area contributed by atoms with Gasteiger partial charge in [0.25, 0.3) is 5.91 Å². The monoisotopic (exact) mass is 763 g/mol. The second-order valence-corrected chi connectivity index (χ2v) is 16.2. The summed E-state index contributed by atoms with van der Waals surface area (Å²) >= 11 is 0. The number of amides is 4. The van der Waals surface area contributed by atoms with Crippen LogP contribution in [0.25, 0.3) is 10.8 Å². The molecule has 3 fully saturated rings. The predicted octanol–water partition coefficient (Wildman–Crippen LogP) is 2.72. The number of aromatic nitrogens is 1. The van der Waals surface area contributed by atoms with Crippen molar-refractivity contribution in [2.75, 3.05) is 20.3 Å². The third-order valence-electron chi connectivity index (χ3n) is 10.6. The number of carbonyl (C=O) groups excluding carboxylic acids is 3. The van der Waals surface area contributed by atoms with E-state index in [0.29, 0.717) is 18.2 Å². The first-order valence-electron chi connectivity index (χ1n) is 17.5. The van der Waals surface area contributed by atoms with Crippen LogP contribution in [0.15, 0.2) is 36.5 Å². The Morgan fingerprint density at radius 3 is 2.66 bits per heavy atom. The molecule has 2 aliphatic heterocycles. The van der Waals surface area contributed by atoms with Gasteiger partial charge in [0.15, 0.2) is 11.6 Å². The number of allylic oxidation sites excluding steroid dienone is 1. The molecule has 1 saturated heterocycles. The highest BCUT2D eigenvalue weighted by atomic mass is 32.2. The van der Waals surface area contributed by atoms with E-state index in [1.165, 1.54) is 25.4 Å². The van der Waals surface area contributed by atoms with Crippen LogP contribution in [0.4, 0.5) is 13.6 Å². The Morgan fingerprint density at radius 2 is 2.00 bits per heavy atom. The Bertz CT molecular complexity index is 1930. The summed E-state index contributed by atoms with van der Waals surface area (Å²) in [6, 6.07) is 1.48. The number of carboxylic acid groups (broad SMARTS) is 1. The number of pyridine rings is 1. The van der Waals surface area contributed by atoms with Crippen molar-refractivity contribution >= 4 is 44.6 Å². The van der Waals surface area contributed by atoms with E-state index in [1.807, 2.05) is 4.72 Å². The van der Waals surface area contributed by atoms with E-state index in [0.717, 1.165) is 4.90 Å². The fraction of sp³-hybridized carbons (Fsp3) is 0.571. The van der Waals surface area contributed by atoms with Gasteiger partial charge in [-0.3, -0.25) is 19.1 Å². The highest BCUT2D eigenvalue weighted by Gasteiger charge is 2.64. The summed E-state index contributed by atoms with van der Waals surface area (Å²) in [5, 5.41) is 15.6. The molecule has 0 radical (unpaired) electrons. The minimum Gasteiger partial charge on any atom is -0.494 e. The van der Waals surface area contributed by atoms with E-state index in [1.54, 1.807) is 32.1 Å². The van der Waals surface area contributed by atoms with Crippen molar-refractivity contribution in [2.45, 2.75) is 99.5 Å². The van der Waals surface area contributed by atoms with E-state index in [9.17, 15) is 41.5 Å². The average Bonchev–Trinajstić information content (AvgIpc) is 4.02. The summed E-state index contributed by atoms with van der Waals surface area (Å²) in [4.78, 5) is 59.9. The largest absolute Gasteiger partial charge is 0.494 e. The zero-order valence-electron chi connectivity index (χ0n) is 29.5. The molecule has 6 rings (SSSR count). The smallest absolute Gasteiger partial charge is 0.405 e. The number of halogens is 2. The molecular weight excluding hydrogens is 720 g/mol. The number of ether oxygens (including phenoxy) is 3. The number of rotatable bonds is 9. The van der Waals surface area contributed by atoms with Crippen molar-refractivity contribution in [3.05, 3.63) is 42.4 Å². The highest BCUT2D eigenvalue weighted by Crippen LogP contribution is 2.48. The third-order valence-corrected chi connectivity index (χ3v) is 12.7. The number of hydrogen-bond donors (Lipinski definition) is 4. The number of hydrogen-bond acceptors (Lipinski definition) is 10. The lowest BCUT2D eigenvalue weighted by Crippen LogP contribution is -2.60. The molecule has 0 spiro atoms. The molecule has 1 aromatic carbocycles. The van der Waals surface area contributed by atoms with Gasteiger partial charge in [0.2, 0.25) is 27.7 Å². The van der Waals surface area contributed by atoms with Gasteiger partial charge in [-0.05, 0) is 69.0 Å². The SMILES string of the molecule is CC[C@@H]1O[C@H](C)CC/C=C\[C@@H]2C[C@@]2(C(=O)NS(=O)(=O)C2(CF)CC2)NC(=O)[C@@H]2C[C@@H](Oc3nccc4cc(OC)c(F)cc34)CN2C(=O)[C@H]1NC(=O)O. The minimum absolute atomic E-state index is 0.00124. The molecule has 3 heterocycles. The summed E-state index contributed by atoms with van der Waals surface area (Å²) in [5.74, 6) is -3.95. The lowest BCUT2D eigenvalue weighted by molar-refractivity contribution is -0.145. The molecule has 288 valence electrons. The molecule has 0 unspecified atom stereocenters. The molecule has 53 heavy (non-hydrogen) atoms. The third kappa shape index (κ3) is 7.47. The van der Waals surface area contributed by atoms with Crippen LogP contribution < -0.4 is 24.8 Å². The molecule has 7 atom stereocenters. The minimum atomic E-state index is -4.43. The molecule has 0 bridgehead atoms. The topological polar surface area (TPSA) is 203 Å². The van der Waals surface area contributed by atoms with Crippen molar-refractivity contribution in [2.24, 2.45) is 5.92 Å². The van der Waals surface area contributed by atoms with Crippen molar-refractivity contribution in [1.29, 1.82) is 0 Å². The Kier molecular flexibility index (Phi) is 10.6. The molecule has 15 nitrogen and oxygen atoms in total. The highest BCUT2D eigenvalue weighted by molar-refractivity contribution is 7.91. The summed E-state index contributed by atoms with van der Waals surface area (Å²) < 4.78 is 72.5. The Morgan fingerprint density at radius 1 is 1.25 bits per heavy atom. The molecule has 4 N–H and O–H groups in total. The Hall–Kier alpha value is -4.58. The van der Waals surface area contributed by atoms with Crippen LogP contribution >= 0.6 is 0 Å². The van der Waals surface area contributed by atoms with Crippen LogP contribution in [-0.4, -0.2) is 108 Å². The predicted molar refractivity (Wildman–Crippen MR) is 185 cm³/mol. The molecule has 18 heteroatoms. The van der Waals surface area contributed by atoms with Gasteiger partial charge in [0, 0.05) is 23.9 Å². The number of fused-ring (bicyclic) bond motifs is 3. The maximum Gasteiger partial charge on any atom is 0.405 e. The fourth-order valence-corrected chi connectivity index (χ4v) is 8.57. The van der Waals surface area contributed by atoms with Crippen LogP contribution in [0.1, 0.15) is 58.8 Å². The summed E-state index contributed by atoms with van der Waals surface area (Å²) in [5.41, 5.74) is -1.73. The quantitative estimate of drug-likeness (QED) is 0.274. The van der Waals surface area contributed by atoms with Crippen LogP contribution in [-0.2, 0) is 29.1 Å². The lowest BCUT2D eigenvalue weighted by atomic mass is 10.0. The molecule has 4 amide bonds. The Balaban J connectivity index is 1.35. The van der Waals surface area contributed by atoms with Gasteiger partial charge in [0.05, 0.1) is 25.9 Å². The van der Waals surface area contributed by atoms with E-state index < -0.39 is 92.9 Å². The van der Waals surface area contributed by atoms with E-state index in [4.69, 9.17) is 14.2 Å². The van der Waals surface area contributed by atoms with Gasteiger partial charge in [-0.1, -0.05) is 19.1 Å². The van der Waals surface area contributed by atoms with Gasteiger partial charge in [-0.15, -0.1) is 0 Å². The normalized spacial score (nSPS) is 30.5. The molecule has 2 aromatic rings. The first kappa shape index (κ1) is 38.2. The maximum absolute atomic E-state index is 14.8. The number of alkyl halides is 1. The van der Waals surface area contributed by atoms with Gasteiger partial charge < -0.3 is 34.9 Å². The molecule has 4 aliphatic rings. The second-order valence-electron chi connectivity index (χ2n) is 14.2. The summed E-state index contributed by atoms with van der Waals surface area (Å²) in [7, 11) is -3.10. The van der Waals surface area contributed by atoms with Crippen molar-refractivity contribution in [1.82, 2.24) is 25.2 Å². The zero-order chi connectivity index (χ0) is 38.3. The van der Waals surface area contributed by atoms with Crippen molar-refractivity contribution in [3.63, 3.8) is 0 Å². The molecule has 2 aliphatic carbocycles. The summed E-state index contributed by atoms with van der Waals surface area (Å²) in [6.45, 7) is 2.09.